The fraction of sp³-hybridized carbons (Fsp3) is 0.300. The minimum absolute atomic E-state index is 0.134. The summed E-state index contributed by atoms with van der Waals surface area (Å²) < 4.78 is 7.04. The molecule has 2 heterocycles. The number of hydrogen-bond donors (Lipinski definition) is 0. The molecule has 0 bridgehead atoms. The van der Waals surface area contributed by atoms with Crippen LogP contribution in [0.3, 0.4) is 0 Å². The van der Waals surface area contributed by atoms with Crippen LogP contribution < -0.4 is 4.74 Å². The zero-order valence-corrected chi connectivity index (χ0v) is 15.7. The SMILES string of the molecule is COc1ccc(C(=O)N2CCC[C@@H]2c2nc3ccccc3n2C)cc1[N+](=O)[O-]. The minimum atomic E-state index is -0.539. The molecule has 28 heavy (non-hydrogen) atoms. The summed E-state index contributed by atoms with van der Waals surface area (Å²) in [5.74, 6) is 0.727. The minimum Gasteiger partial charge on any atom is -0.490 e. The lowest BCUT2D eigenvalue weighted by atomic mass is 10.1. The van der Waals surface area contributed by atoms with E-state index in [-0.39, 0.29) is 28.9 Å². The number of imidazole rings is 1. The molecule has 1 amide bonds. The zero-order chi connectivity index (χ0) is 19.8. The third-order valence-corrected chi connectivity index (χ3v) is 5.26. The van der Waals surface area contributed by atoms with Gasteiger partial charge in [0.2, 0.25) is 0 Å². The first-order chi connectivity index (χ1) is 13.5. The predicted molar refractivity (Wildman–Crippen MR) is 103 cm³/mol. The highest BCUT2D eigenvalue weighted by molar-refractivity contribution is 5.95. The van der Waals surface area contributed by atoms with Crippen molar-refractivity contribution in [3.63, 3.8) is 0 Å². The Labute approximate surface area is 161 Å². The van der Waals surface area contributed by atoms with Crippen LogP contribution in [0.1, 0.15) is 35.1 Å². The maximum Gasteiger partial charge on any atom is 0.311 e. The van der Waals surface area contributed by atoms with E-state index in [1.807, 2.05) is 35.9 Å². The Hall–Kier alpha value is -3.42. The molecule has 1 aromatic heterocycles. The van der Waals surface area contributed by atoms with Crippen LogP contribution in [0.2, 0.25) is 0 Å². The summed E-state index contributed by atoms with van der Waals surface area (Å²) in [4.78, 5) is 30.4. The van der Waals surface area contributed by atoms with E-state index in [1.165, 1.54) is 19.2 Å². The van der Waals surface area contributed by atoms with E-state index in [2.05, 4.69) is 0 Å². The molecule has 1 fully saturated rings. The average Bonchev–Trinajstić information content (AvgIpc) is 3.31. The van der Waals surface area contributed by atoms with Gasteiger partial charge in [0.25, 0.3) is 5.91 Å². The van der Waals surface area contributed by atoms with E-state index in [1.54, 1.807) is 11.0 Å². The van der Waals surface area contributed by atoms with Crippen molar-refractivity contribution in [2.24, 2.45) is 7.05 Å². The predicted octanol–water partition coefficient (Wildman–Crippen LogP) is 3.47. The molecule has 1 saturated heterocycles. The third kappa shape index (κ3) is 2.87. The van der Waals surface area contributed by atoms with Gasteiger partial charge in [-0.3, -0.25) is 14.9 Å². The summed E-state index contributed by atoms with van der Waals surface area (Å²) in [7, 11) is 3.32. The molecule has 0 saturated carbocycles. The molecule has 0 radical (unpaired) electrons. The van der Waals surface area contributed by atoms with Gasteiger partial charge >= 0.3 is 5.69 Å². The lowest BCUT2D eigenvalue weighted by molar-refractivity contribution is -0.385. The lowest BCUT2D eigenvalue weighted by Gasteiger charge is -2.24. The number of carbonyl (C=O) groups is 1. The topological polar surface area (TPSA) is 90.5 Å². The number of aromatic nitrogens is 2. The van der Waals surface area contributed by atoms with Crippen LogP contribution in [-0.4, -0.2) is 38.9 Å². The van der Waals surface area contributed by atoms with Gasteiger partial charge in [-0.2, -0.15) is 0 Å². The molecule has 0 unspecified atom stereocenters. The molecule has 1 aliphatic heterocycles. The number of amides is 1. The van der Waals surface area contributed by atoms with Gasteiger partial charge in [0, 0.05) is 25.2 Å². The van der Waals surface area contributed by atoms with Crippen molar-refractivity contribution in [2.75, 3.05) is 13.7 Å². The summed E-state index contributed by atoms with van der Waals surface area (Å²) >= 11 is 0. The third-order valence-electron chi connectivity index (χ3n) is 5.26. The lowest BCUT2D eigenvalue weighted by Crippen LogP contribution is -2.31. The molecule has 8 heteroatoms. The molecule has 144 valence electrons. The smallest absolute Gasteiger partial charge is 0.311 e. The monoisotopic (exact) mass is 380 g/mol. The number of nitro groups is 1. The second-order valence-electron chi connectivity index (χ2n) is 6.82. The zero-order valence-electron chi connectivity index (χ0n) is 15.7. The van der Waals surface area contributed by atoms with Crippen molar-refractivity contribution in [3.05, 3.63) is 64.0 Å². The average molecular weight is 380 g/mol. The van der Waals surface area contributed by atoms with Crippen molar-refractivity contribution in [3.8, 4) is 5.75 Å². The first-order valence-corrected chi connectivity index (χ1v) is 9.06. The molecule has 0 spiro atoms. The number of hydrogen-bond acceptors (Lipinski definition) is 5. The summed E-state index contributed by atoms with van der Waals surface area (Å²) in [5.41, 5.74) is 1.96. The Kier molecular flexibility index (Phi) is 4.46. The molecule has 1 atom stereocenters. The van der Waals surface area contributed by atoms with Crippen LogP contribution in [0.25, 0.3) is 11.0 Å². The Balaban J connectivity index is 1.70. The van der Waals surface area contributed by atoms with Crippen molar-refractivity contribution < 1.29 is 14.5 Å². The number of nitro benzene ring substituents is 1. The standard InChI is InChI=1S/C20H20N4O4/c1-22-15-7-4-3-6-14(15)21-19(22)16-8-5-11-23(16)20(25)13-9-10-18(28-2)17(12-13)24(26)27/h3-4,6-7,9-10,12,16H,5,8,11H2,1-2H3/t16-/m1/s1. The number of fused-ring (bicyclic) bond motifs is 1. The van der Waals surface area contributed by atoms with Gasteiger partial charge in [0.15, 0.2) is 5.75 Å². The number of aryl methyl sites for hydroxylation is 1. The van der Waals surface area contributed by atoms with Crippen LogP contribution in [-0.2, 0) is 7.05 Å². The van der Waals surface area contributed by atoms with Gasteiger partial charge in [-0.25, -0.2) is 4.98 Å². The van der Waals surface area contributed by atoms with Crippen molar-refractivity contribution in [1.29, 1.82) is 0 Å². The molecule has 1 aliphatic rings. The highest BCUT2D eigenvalue weighted by Crippen LogP contribution is 2.35. The van der Waals surface area contributed by atoms with Crippen LogP contribution in [0.15, 0.2) is 42.5 Å². The van der Waals surface area contributed by atoms with Crippen LogP contribution in [0.4, 0.5) is 5.69 Å². The number of nitrogens with zero attached hydrogens (tertiary/aromatic N) is 4. The van der Waals surface area contributed by atoms with E-state index in [0.717, 1.165) is 29.7 Å². The highest BCUT2D eigenvalue weighted by Gasteiger charge is 2.34. The number of likely N-dealkylation sites (tertiary alicyclic amines) is 1. The van der Waals surface area contributed by atoms with Gasteiger partial charge in [-0.1, -0.05) is 12.1 Å². The first kappa shape index (κ1) is 18.0. The van der Waals surface area contributed by atoms with E-state index >= 15 is 0 Å². The van der Waals surface area contributed by atoms with Gasteiger partial charge in [-0.15, -0.1) is 0 Å². The second-order valence-corrected chi connectivity index (χ2v) is 6.82. The number of methoxy groups -OCH3 is 1. The Morgan fingerprint density at radius 1 is 1.29 bits per heavy atom. The van der Waals surface area contributed by atoms with E-state index in [0.29, 0.717) is 6.54 Å². The quantitative estimate of drug-likeness (QED) is 0.511. The normalized spacial score (nSPS) is 16.5. The van der Waals surface area contributed by atoms with E-state index < -0.39 is 4.92 Å². The first-order valence-electron chi connectivity index (χ1n) is 9.06. The molecule has 8 nitrogen and oxygen atoms in total. The number of carbonyl (C=O) groups excluding carboxylic acids is 1. The van der Waals surface area contributed by atoms with Crippen molar-refractivity contribution in [1.82, 2.24) is 14.5 Å². The molecular weight excluding hydrogens is 360 g/mol. The second kappa shape index (κ2) is 6.95. The molecule has 3 aromatic rings. The highest BCUT2D eigenvalue weighted by atomic mass is 16.6. The Bertz CT molecular complexity index is 1080. The van der Waals surface area contributed by atoms with Gasteiger partial charge < -0.3 is 14.2 Å². The maximum atomic E-state index is 13.2. The molecular formula is C20H20N4O4. The number of para-hydroxylation sites is 2. The number of rotatable bonds is 4. The van der Waals surface area contributed by atoms with Gasteiger partial charge in [-0.05, 0) is 37.1 Å². The van der Waals surface area contributed by atoms with E-state index in [4.69, 9.17) is 9.72 Å². The van der Waals surface area contributed by atoms with Crippen molar-refractivity contribution >= 4 is 22.6 Å². The summed E-state index contributed by atoms with van der Waals surface area (Å²) in [6.45, 7) is 0.590. The van der Waals surface area contributed by atoms with Crippen LogP contribution in [0, 0.1) is 10.1 Å². The van der Waals surface area contributed by atoms with Gasteiger partial charge in [0.05, 0.1) is 29.1 Å². The molecule has 0 aliphatic carbocycles. The van der Waals surface area contributed by atoms with Crippen molar-refractivity contribution in [2.45, 2.75) is 18.9 Å². The maximum absolute atomic E-state index is 13.2. The summed E-state index contributed by atoms with van der Waals surface area (Å²) in [5, 5.41) is 11.3. The Morgan fingerprint density at radius 2 is 2.07 bits per heavy atom. The fourth-order valence-corrected chi connectivity index (χ4v) is 3.87. The largest absolute Gasteiger partial charge is 0.490 e. The van der Waals surface area contributed by atoms with Crippen LogP contribution >= 0.6 is 0 Å². The fourth-order valence-electron chi connectivity index (χ4n) is 3.87. The number of ether oxygens (including phenoxy) is 1. The number of benzene rings is 2. The van der Waals surface area contributed by atoms with Crippen LogP contribution in [0.5, 0.6) is 5.75 Å². The molecule has 2 aromatic carbocycles. The Morgan fingerprint density at radius 3 is 2.79 bits per heavy atom. The van der Waals surface area contributed by atoms with E-state index in [9.17, 15) is 14.9 Å². The summed E-state index contributed by atoms with van der Waals surface area (Å²) in [6.07, 6.45) is 1.67. The van der Waals surface area contributed by atoms with Gasteiger partial charge in [0.1, 0.15) is 5.82 Å². The molecule has 4 rings (SSSR count). The molecule has 0 N–H and O–H groups in total. The summed E-state index contributed by atoms with van der Waals surface area (Å²) in [6, 6.07) is 12.0.